The number of sulfonamides is 1. The highest BCUT2D eigenvalue weighted by molar-refractivity contribution is 7.93. The summed E-state index contributed by atoms with van der Waals surface area (Å²) in [7, 11) is -4.02. The minimum Gasteiger partial charge on any atom is -0.494 e. The van der Waals surface area contributed by atoms with Crippen LogP contribution in [0.4, 0.5) is 5.69 Å². The summed E-state index contributed by atoms with van der Waals surface area (Å²) in [6.07, 6.45) is 1.28. The molecule has 0 bridgehead atoms. The minimum atomic E-state index is -4.02. The number of rotatable bonds is 9. The summed E-state index contributed by atoms with van der Waals surface area (Å²) in [6.45, 7) is 4.32. The first-order valence-corrected chi connectivity index (χ1v) is 11.8. The van der Waals surface area contributed by atoms with Crippen LogP contribution in [0.5, 0.6) is 5.75 Å². The van der Waals surface area contributed by atoms with E-state index in [-0.39, 0.29) is 11.3 Å². The first-order valence-electron chi connectivity index (χ1n) is 10.3. The van der Waals surface area contributed by atoms with Crippen molar-refractivity contribution >= 4 is 21.6 Å². The second-order valence-corrected chi connectivity index (χ2v) is 9.05. The van der Waals surface area contributed by atoms with Gasteiger partial charge in [0.1, 0.15) is 5.75 Å². The van der Waals surface area contributed by atoms with E-state index in [1.165, 1.54) is 12.1 Å². The van der Waals surface area contributed by atoms with Gasteiger partial charge in [0.05, 0.1) is 17.2 Å². The molecular formula is C25H27NO4S. The maximum Gasteiger partial charge on any atom is 0.270 e. The molecule has 0 aliphatic carbocycles. The van der Waals surface area contributed by atoms with Gasteiger partial charge in [-0.2, -0.15) is 0 Å². The first kappa shape index (κ1) is 22.6. The Morgan fingerprint density at radius 3 is 2.29 bits per heavy atom. The molecule has 0 aliphatic heterocycles. The van der Waals surface area contributed by atoms with E-state index in [4.69, 9.17) is 4.74 Å². The molecule has 0 aromatic heterocycles. The molecule has 0 radical (unpaired) electrons. The van der Waals surface area contributed by atoms with E-state index in [2.05, 4.69) is 0 Å². The van der Waals surface area contributed by atoms with Crippen molar-refractivity contribution in [2.45, 2.75) is 38.0 Å². The van der Waals surface area contributed by atoms with Gasteiger partial charge in [-0.15, -0.1) is 0 Å². The second kappa shape index (κ2) is 10.3. The monoisotopic (exact) mass is 437 g/mol. The van der Waals surface area contributed by atoms with Crippen molar-refractivity contribution in [1.82, 2.24) is 0 Å². The molecule has 162 valence electrons. The number of benzene rings is 3. The molecule has 0 saturated carbocycles. The van der Waals surface area contributed by atoms with Crippen LogP contribution in [0.3, 0.4) is 0 Å². The molecule has 0 fully saturated rings. The van der Waals surface area contributed by atoms with Gasteiger partial charge < -0.3 is 4.74 Å². The van der Waals surface area contributed by atoms with Crippen LogP contribution in [0.25, 0.3) is 0 Å². The Bertz CT molecular complexity index is 1110. The lowest BCUT2D eigenvalue weighted by Gasteiger charge is -2.23. The number of carbonyl (C=O) groups excluding carboxylic acids is 1. The summed E-state index contributed by atoms with van der Waals surface area (Å²) in [6, 6.07) is 22.7. The molecule has 0 spiro atoms. The highest BCUT2D eigenvalue weighted by Crippen LogP contribution is 2.25. The van der Waals surface area contributed by atoms with E-state index >= 15 is 0 Å². The van der Waals surface area contributed by atoms with Gasteiger partial charge in [-0.1, -0.05) is 49.4 Å². The molecule has 1 amide bonds. The number of carbonyl (C=O) groups is 1. The predicted molar refractivity (Wildman–Crippen MR) is 123 cm³/mol. The Morgan fingerprint density at radius 1 is 0.935 bits per heavy atom. The van der Waals surface area contributed by atoms with Crippen molar-refractivity contribution in [3.63, 3.8) is 0 Å². The van der Waals surface area contributed by atoms with Crippen LogP contribution in [0, 0.1) is 6.92 Å². The van der Waals surface area contributed by atoms with E-state index in [1.807, 2.05) is 50.2 Å². The van der Waals surface area contributed by atoms with E-state index in [1.54, 1.807) is 30.3 Å². The van der Waals surface area contributed by atoms with Gasteiger partial charge in [-0.25, -0.2) is 12.7 Å². The van der Waals surface area contributed by atoms with E-state index < -0.39 is 15.9 Å². The number of hydrogen-bond acceptors (Lipinski definition) is 4. The summed E-state index contributed by atoms with van der Waals surface area (Å²) in [5, 5.41) is 0. The number of ether oxygens (including phenoxy) is 1. The van der Waals surface area contributed by atoms with Gasteiger partial charge >= 0.3 is 0 Å². The van der Waals surface area contributed by atoms with Gasteiger partial charge in [0.2, 0.25) is 5.91 Å². The highest BCUT2D eigenvalue weighted by Gasteiger charge is 2.30. The quantitative estimate of drug-likeness (QED) is 0.435. The van der Waals surface area contributed by atoms with Gasteiger partial charge in [-0.05, 0) is 67.3 Å². The van der Waals surface area contributed by atoms with Crippen LogP contribution < -0.4 is 9.04 Å². The molecule has 3 rings (SSSR count). The third-order valence-corrected chi connectivity index (χ3v) is 6.64. The summed E-state index contributed by atoms with van der Waals surface area (Å²) >= 11 is 0. The zero-order valence-electron chi connectivity index (χ0n) is 17.8. The topological polar surface area (TPSA) is 63.7 Å². The average molecular weight is 438 g/mol. The zero-order chi connectivity index (χ0) is 22.3. The molecule has 0 unspecified atom stereocenters. The minimum absolute atomic E-state index is 0.0490. The largest absolute Gasteiger partial charge is 0.494 e. The standard InChI is InChI=1S/C25H27NO4S/c1-3-21-14-16-22(17-15-21)26(31(28,29)24-11-5-4-6-12-24)25(27)13-8-18-30-23-10-7-9-20(2)19-23/h4-7,9-12,14-17,19H,3,8,13,18H2,1-2H3. The molecule has 5 nitrogen and oxygen atoms in total. The van der Waals surface area contributed by atoms with Crippen molar-refractivity contribution in [2.24, 2.45) is 0 Å². The van der Waals surface area contributed by atoms with Crippen LogP contribution in [-0.2, 0) is 21.2 Å². The first-order chi connectivity index (χ1) is 14.9. The fourth-order valence-corrected chi connectivity index (χ4v) is 4.67. The van der Waals surface area contributed by atoms with Crippen molar-refractivity contribution < 1.29 is 17.9 Å². The Morgan fingerprint density at radius 2 is 1.65 bits per heavy atom. The SMILES string of the molecule is CCc1ccc(N(C(=O)CCCOc2cccc(C)c2)S(=O)(=O)c2ccccc2)cc1. The lowest BCUT2D eigenvalue weighted by atomic mass is 10.1. The highest BCUT2D eigenvalue weighted by atomic mass is 32.2. The van der Waals surface area contributed by atoms with Crippen molar-refractivity contribution in [1.29, 1.82) is 0 Å². The maximum absolute atomic E-state index is 13.3. The van der Waals surface area contributed by atoms with Gasteiger partial charge in [0.15, 0.2) is 0 Å². The van der Waals surface area contributed by atoms with Gasteiger partial charge in [0.25, 0.3) is 10.0 Å². The Labute approximate surface area is 184 Å². The summed E-state index contributed by atoms with van der Waals surface area (Å²) in [4.78, 5) is 13.2. The average Bonchev–Trinajstić information content (AvgIpc) is 2.78. The Kier molecular flexibility index (Phi) is 7.47. The summed E-state index contributed by atoms with van der Waals surface area (Å²) in [5.74, 6) is 0.248. The Hall–Kier alpha value is -3.12. The Balaban J connectivity index is 1.77. The second-order valence-electron chi connectivity index (χ2n) is 7.26. The van der Waals surface area contributed by atoms with Crippen LogP contribution in [-0.4, -0.2) is 20.9 Å². The fourth-order valence-electron chi connectivity index (χ4n) is 3.20. The van der Waals surface area contributed by atoms with Crippen LogP contribution in [0.2, 0.25) is 0 Å². The predicted octanol–water partition coefficient (Wildman–Crippen LogP) is 5.14. The van der Waals surface area contributed by atoms with Crippen LogP contribution in [0.1, 0.15) is 30.9 Å². The molecule has 0 heterocycles. The molecular weight excluding hydrogens is 410 g/mol. The molecule has 3 aromatic carbocycles. The smallest absolute Gasteiger partial charge is 0.270 e. The fraction of sp³-hybridized carbons (Fsp3) is 0.240. The van der Waals surface area contributed by atoms with E-state index in [9.17, 15) is 13.2 Å². The number of aryl methyl sites for hydroxylation is 2. The molecule has 6 heteroatoms. The maximum atomic E-state index is 13.3. The van der Waals surface area contributed by atoms with E-state index in [0.717, 1.165) is 27.6 Å². The number of amides is 1. The molecule has 0 saturated heterocycles. The van der Waals surface area contributed by atoms with Gasteiger partial charge in [-0.3, -0.25) is 4.79 Å². The molecule has 31 heavy (non-hydrogen) atoms. The van der Waals surface area contributed by atoms with E-state index in [0.29, 0.717) is 18.7 Å². The molecule has 0 aliphatic rings. The third-order valence-electron chi connectivity index (χ3n) is 4.88. The lowest BCUT2D eigenvalue weighted by Crippen LogP contribution is -2.37. The van der Waals surface area contributed by atoms with Crippen molar-refractivity contribution in [2.75, 3.05) is 10.9 Å². The lowest BCUT2D eigenvalue weighted by molar-refractivity contribution is -0.117. The van der Waals surface area contributed by atoms with Crippen molar-refractivity contribution in [3.05, 3.63) is 90.0 Å². The number of hydrogen-bond donors (Lipinski definition) is 0. The molecule has 0 N–H and O–H groups in total. The van der Waals surface area contributed by atoms with Crippen LogP contribution >= 0.6 is 0 Å². The number of nitrogens with zero attached hydrogens (tertiary/aromatic N) is 1. The van der Waals surface area contributed by atoms with Crippen LogP contribution in [0.15, 0.2) is 83.8 Å². The zero-order valence-corrected chi connectivity index (χ0v) is 18.6. The van der Waals surface area contributed by atoms with Crippen molar-refractivity contribution in [3.8, 4) is 5.75 Å². The molecule has 0 atom stereocenters. The normalized spacial score (nSPS) is 11.2. The summed E-state index contributed by atoms with van der Waals surface area (Å²) < 4.78 is 33.2. The molecule has 3 aromatic rings. The number of anilines is 1. The van der Waals surface area contributed by atoms with Gasteiger partial charge in [0, 0.05) is 6.42 Å². The summed E-state index contributed by atoms with van der Waals surface area (Å²) in [5.41, 5.74) is 2.50. The third kappa shape index (κ3) is 5.73.